The highest BCUT2D eigenvalue weighted by Gasteiger charge is 2.21. The second-order valence-corrected chi connectivity index (χ2v) is 7.21. The fraction of sp³-hybridized carbons (Fsp3) is 0.471. The monoisotopic (exact) mass is 399 g/mol. The molecule has 1 aromatic carbocycles. The quantitative estimate of drug-likeness (QED) is 0.683. The van der Waals surface area contributed by atoms with Crippen molar-refractivity contribution in [3.05, 3.63) is 24.3 Å². The largest absolute Gasteiger partial charge is 0.435 e. The van der Waals surface area contributed by atoms with E-state index in [1.165, 1.54) is 24.3 Å². The van der Waals surface area contributed by atoms with Gasteiger partial charge in [0.2, 0.25) is 11.8 Å². The molecule has 1 fully saturated rings. The lowest BCUT2D eigenvalue weighted by atomic mass is 10.2. The van der Waals surface area contributed by atoms with Crippen LogP contribution in [0.1, 0.15) is 19.8 Å². The van der Waals surface area contributed by atoms with E-state index in [0.717, 1.165) is 31.2 Å². The van der Waals surface area contributed by atoms with Gasteiger partial charge in [-0.3, -0.25) is 4.79 Å². The lowest BCUT2D eigenvalue weighted by Crippen LogP contribution is -2.36. The van der Waals surface area contributed by atoms with Gasteiger partial charge < -0.3 is 19.2 Å². The Labute approximate surface area is 158 Å². The molecule has 2 heterocycles. The number of halogens is 2. The number of thioether (sulfide) groups is 1. The number of nitrogens with zero attached hydrogens (tertiary/aromatic N) is 2. The maximum Gasteiger partial charge on any atom is 0.387 e. The smallest absolute Gasteiger partial charge is 0.387 e. The summed E-state index contributed by atoms with van der Waals surface area (Å²) in [6.45, 7) is 0.0992. The third-order valence-electron chi connectivity index (χ3n) is 3.91. The van der Waals surface area contributed by atoms with Crippen molar-refractivity contribution >= 4 is 17.7 Å². The Hall–Kier alpha value is -2.20. The van der Waals surface area contributed by atoms with Crippen LogP contribution in [0, 0.1) is 0 Å². The average molecular weight is 399 g/mol. The van der Waals surface area contributed by atoms with Crippen LogP contribution >= 0.6 is 11.8 Å². The number of carbonyl (C=O) groups excluding carboxylic acids is 1. The van der Waals surface area contributed by atoms with Crippen LogP contribution in [0.4, 0.5) is 8.78 Å². The molecule has 2 aromatic rings. The third-order valence-corrected chi connectivity index (χ3v) is 4.84. The zero-order valence-electron chi connectivity index (χ0n) is 14.6. The zero-order valence-corrected chi connectivity index (χ0v) is 15.4. The molecule has 1 saturated heterocycles. The molecular weight excluding hydrogens is 380 g/mol. The predicted molar refractivity (Wildman–Crippen MR) is 93.7 cm³/mol. The molecule has 10 heteroatoms. The predicted octanol–water partition coefficient (Wildman–Crippen LogP) is 3.11. The van der Waals surface area contributed by atoms with E-state index in [4.69, 9.17) is 9.15 Å². The SMILES string of the molecule is C[C@H](Sc1nnc(-c2ccc(OC(F)F)cc2)o1)C(=O)NC[C@@H]1CCCO1. The number of benzene rings is 1. The second-order valence-electron chi connectivity index (χ2n) is 5.92. The Morgan fingerprint density at radius 3 is 2.81 bits per heavy atom. The number of ether oxygens (including phenoxy) is 2. The number of carbonyl (C=O) groups is 1. The topological polar surface area (TPSA) is 86.5 Å². The van der Waals surface area contributed by atoms with Crippen molar-refractivity contribution < 1.29 is 27.5 Å². The molecule has 7 nitrogen and oxygen atoms in total. The highest BCUT2D eigenvalue weighted by atomic mass is 32.2. The van der Waals surface area contributed by atoms with Crippen molar-refractivity contribution in [1.82, 2.24) is 15.5 Å². The van der Waals surface area contributed by atoms with Gasteiger partial charge in [-0.1, -0.05) is 11.8 Å². The second kappa shape index (κ2) is 9.14. The Kier molecular flexibility index (Phi) is 6.62. The van der Waals surface area contributed by atoms with Crippen LogP contribution in [0.3, 0.4) is 0 Å². The average Bonchev–Trinajstić information content (AvgIpc) is 3.31. The van der Waals surface area contributed by atoms with Crippen LogP contribution in [-0.2, 0) is 9.53 Å². The maximum absolute atomic E-state index is 12.2. The molecule has 27 heavy (non-hydrogen) atoms. The number of rotatable bonds is 8. The number of hydrogen-bond donors (Lipinski definition) is 1. The fourth-order valence-corrected chi connectivity index (χ4v) is 3.23. The molecule has 1 aliphatic rings. The van der Waals surface area contributed by atoms with Gasteiger partial charge in [0.1, 0.15) is 5.75 Å². The molecule has 0 bridgehead atoms. The lowest BCUT2D eigenvalue weighted by molar-refractivity contribution is -0.120. The lowest BCUT2D eigenvalue weighted by Gasteiger charge is -2.13. The minimum atomic E-state index is -2.88. The van der Waals surface area contributed by atoms with Crippen molar-refractivity contribution in [1.29, 1.82) is 0 Å². The van der Waals surface area contributed by atoms with E-state index in [0.29, 0.717) is 12.1 Å². The van der Waals surface area contributed by atoms with Crippen LogP contribution in [-0.4, -0.2) is 47.2 Å². The first kappa shape index (κ1) is 19.6. The van der Waals surface area contributed by atoms with E-state index in [1.807, 2.05) is 0 Å². The molecule has 0 aliphatic carbocycles. The summed E-state index contributed by atoms with van der Waals surface area (Å²) in [4.78, 5) is 12.2. The molecule has 2 atom stereocenters. The normalized spacial score (nSPS) is 17.9. The molecule has 1 aromatic heterocycles. The first-order valence-corrected chi connectivity index (χ1v) is 9.34. The van der Waals surface area contributed by atoms with Gasteiger partial charge in [-0.25, -0.2) is 0 Å². The van der Waals surface area contributed by atoms with Crippen LogP contribution in [0.5, 0.6) is 5.75 Å². The Morgan fingerprint density at radius 2 is 2.15 bits per heavy atom. The van der Waals surface area contributed by atoms with Crippen molar-refractivity contribution in [3.63, 3.8) is 0 Å². The van der Waals surface area contributed by atoms with Gasteiger partial charge in [0.15, 0.2) is 0 Å². The summed E-state index contributed by atoms with van der Waals surface area (Å²) in [5.74, 6) is 0.135. The summed E-state index contributed by atoms with van der Waals surface area (Å²) < 4.78 is 39.6. The van der Waals surface area contributed by atoms with E-state index in [9.17, 15) is 13.6 Å². The highest BCUT2D eigenvalue weighted by Crippen LogP contribution is 2.27. The van der Waals surface area contributed by atoms with Gasteiger partial charge in [-0.15, -0.1) is 10.2 Å². The number of alkyl halides is 2. The molecule has 0 saturated carbocycles. The van der Waals surface area contributed by atoms with Crippen LogP contribution in [0.15, 0.2) is 33.9 Å². The number of amides is 1. The molecule has 3 rings (SSSR count). The number of aromatic nitrogens is 2. The molecule has 1 amide bonds. The van der Waals surface area contributed by atoms with Crippen LogP contribution < -0.4 is 10.1 Å². The van der Waals surface area contributed by atoms with Gasteiger partial charge >= 0.3 is 6.61 Å². The van der Waals surface area contributed by atoms with Gasteiger partial charge in [-0.05, 0) is 44.0 Å². The van der Waals surface area contributed by atoms with Crippen molar-refractivity contribution in [3.8, 4) is 17.2 Å². The molecule has 0 unspecified atom stereocenters. The molecule has 0 radical (unpaired) electrons. The molecule has 1 N–H and O–H groups in total. The van der Waals surface area contributed by atoms with E-state index in [-0.39, 0.29) is 28.9 Å². The van der Waals surface area contributed by atoms with Crippen LogP contribution in [0.25, 0.3) is 11.5 Å². The third kappa shape index (κ3) is 5.64. The van der Waals surface area contributed by atoms with Gasteiger partial charge in [0, 0.05) is 18.7 Å². The summed E-state index contributed by atoms with van der Waals surface area (Å²) in [6, 6.07) is 5.86. The summed E-state index contributed by atoms with van der Waals surface area (Å²) in [7, 11) is 0. The first-order valence-electron chi connectivity index (χ1n) is 8.46. The highest BCUT2D eigenvalue weighted by molar-refractivity contribution is 8.00. The molecule has 1 aliphatic heterocycles. The van der Waals surface area contributed by atoms with Crippen molar-refractivity contribution in [2.75, 3.05) is 13.2 Å². The minimum Gasteiger partial charge on any atom is -0.435 e. The summed E-state index contributed by atoms with van der Waals surface area (Å²) in [6.07, 6.45) is 2.05. The van der Waals surface area contributed by atoms with E-state index >= 15 is 0 Å². The minimum absolute atomic E-state index is 0.0411. The standard InChI is InChI=1S/C17H19F2N3O4S/c1-10(14(23)20-9-13-3-2-8-24-13)27-17-22-21-15(26-17)11-4-6-12(7-5-11)25-16(18)19/h4-7,10,13,16H,2-3,8-9H2,1H3,(H,20,23)/t10-,13-/m0/s1. The number of hydrogen-bond acceptors (Lipinski definition) is 7. The number of nitrogens with one attached hydrogen (secondary N) is 1. The Balaban J connectivity index is 1.52. The summed E-state index contributed by atoms with van der Waals surface area (Å²) in [5.41, 5.74) is 0.562. The summed E-state index contributed by atoms with van der Waals surface area (Å²) >= 11 is 1.14. The summed E-state index contributed by atoms with van der Waals surface area (Å²) in [5, 5.41) is 10.5. The van der Waals surface area contributed by atoms with E-state index in [1.54, 1.807) is 6.92 Å². The van der Waals surface area contributed by atoms with E-state index < -0.39 is 11.9 Å². The zero-order chi connectivity index (χ0) is 19.2. The van der Waals surface area contributed by atoms with Gasteiger partial charge in [0.05, 0.1) is 11.4 Å². The molecule has 146 valence electrons. The Bertz CT molecular complexity index is 751. The van der Waals surface area contributed by atoms with Crippen molar-refractivity contribution in [2.24, 2.45) is 0 Å². The molecule has 0 spiro atoms. The Morgan fingerprint density at radius 1 is 1.37 bits per heavy atom. The maximum atomic E-state index is 12.2. The van der Waals surface area contributed by atoms with Gasteiger partial charge in [0.25, 0.3) is 5.22 Å². The fourth-order valence-electron chi connectivity index (χ4n) is 2.52. The molecular formula is C17H19F2N3O4S. The van der Waals surface area contributed by atoms with E-state index in [2.05, 4.69) is 20.3 Å². The van der Waals surface area contributed by atoms with Gasteiger partial charge in [-0.2, -0.15) is 8.78 Å². The van der Waals surface area contributed by atoms with Crippen LogP contribution in [0.2, 0.25) is 0 Å². The van der Waals surface area contributed by atoms with Crippen molar-refractivity contribution in [2.45, 2.75) is 43.0 Å². The first-order chi connectivity index (χ1) is 13.0.